The molecule has 0 aliphatic carbocycles. The highest BCUT2D eigenvalue weighted by Gasteiger charge is 2.18. The predicted octanol–water partition coefficient (Wildman–Crippen LogP) is 1.93. The van der Waals surface area contributed by atoms with Gasteiger partial charge in [-0.25, -0.2) is 12.8 Å². The van der Waals surface area contributed by atoms with Crippen LogP contribution >= 0.6 is 0 Å². The quantitative estimate of drug-likeness (QED) is 0.839. The Labute approximate surface area is 109 Å². The largest absolute Gasteiger partial charge is 0.377 e. The molecule has 7 heteroatoms. The second kappa shape index (κ2) is 5.50. The second-order valence-electron chi connectivity index (χ2n) is 3.93. The number of hydrogen-bond donors (Lipinski definition) is 0. The molecule has 0 radical (unpaired) electrons. The van der Waals surface area contributed by atoms with Gasteiger partial charge in [-0.3, -0.25) is 0 Å². The van der Waals surface area contributed by atoms with Crippen LogP contribution in [0.4, 0.5) is 4.39 Å². The van der Waals surface area contributed by atoms with E-state index in [0.717, 1.165) is 6.07 Å². The monoisotopic (exact) mass is 285 g/mol. The zero-order valence-electron chi connectivity index (χ0n) is 10.2. The lowest BCUT2D eigenvalue weighted by Crippen LogP contribution is -2.05. The minimum atomic E-state index is -3.64. The number of benzene rings is 1. The van der Waals surface area contributed by atoms with E-state index in [0.29, 0.717) is 5.76 Å². The summed E-state index contributed by atoms with van der Waals surface area (Å²) in [5.74, 6) is -0.503. The second-order valence-corrected chi connectivity index (χ2v) is 5.92. The highest BCUT2D eigenvalue weighted by molar-refractivity contribution is 7.90. The Morgan fingerprint density at radius 2 is 2.16 bits per heavy atom. The van der Waals surface area contributed by atoms with E-state index in [4.69, 9.17) is 9.26 Å². The number of rotatable bonds is 5. The van der Waals surface area contributed by atoms with Crippen molar-refractivity contribution in [1.29, 1.82) is 0 Å². The molecule has 0 atom stereocenters. The van der Waals surface area contributed by atoms with E-state index < -0.39 is 15.7 Å². The van der Waals surface area contributed by atoms with E-state index in [1.54, 1.807) is 0 Å². The molecule has 0 fully saturated rings. The van der Waals surface area contributed by atoms with E-state index in [9.17, 15) is 12.8 Å². The number of methoxy groups -OCH3 is 1. The van der Waals surface area contributed by atoms with Crippen molar-refractivity contribution < 1.29 is 22.1 Å². The molecule has 5 nitrogen and oxygen atoms in total. The number of sulfone groups is 1. The van der Waals surface area contributed by atoms with Crippen LogP contribution in [-0.2, 0) is 26.9 Å². The Hall–Kier alpha value is -1.73. The van der Waals surface area contributed by atoms with Crippen LogP contribution in [0.3, 0.4) is 0 Å². The van der Waals surface area contributed by atoms with Crippen LogP contribution in [-0.4, -0.2) is 20.7 Å². The summed E-state index contributed by atoms with van der Waals surface area (Å²) in [5.41, 5.74) is 0.260. The van der Waals surface area contributed by atoms with Gasteiger partial charge in [-0.1, -0.05) is 11.2 Å². The molecule has 0 aliphatic rings. The topological polar surface area (TPSA) is 69.4 Å². The SMILES string of the molecule is COCc1cc(CS(=O)(=O)c2cccc(F)c2)no1. The Balaban J connectivity index is 2.21. The summed E-state index contributed by atoms with van der Waals surface area (Å²) in [6, 6.07) is 6.35. The van der Waals surface area contributed by atoms with Gasteiger partial charge in [0.15, 0.2) is 15.6 Å². The van der Waals surface area contributed by atoms with Crippen molar-refractivity contribution in [1.82, 2.24) is 5.16 Å². The van der Waals surface area contributed by atoms with E-state index in [1.165, 1.54) is 31.4 Å². The van der Waals surface area contributed by atoms with Gasteiger partial charge in [0, 0.05) is 13.2 Å². The fourth-order valence-corrected chi connectivity index (χ4v) is 2.84. The first-order valence-electron chi connectivity index (χ1n) is 5.43. The van der Waals surface area contributed by atoms with Crippen molar-refractivity contribution in [3.05, 3.63) is 47.6 Å². The Bertz CT molecular complexity index is 666. The van der Waals surface area contributed by atoms with Crippen LogP contribution in [0.2, 0.25) is 0 Å². The molecule has 19 heavy (non-hydrogen) atoms. The van der Waals surface area contributed by atoms with Crippen LogP contribution < -0.4 is 0 Å². The lowest BCUT2D eigenvalue weighted by molar-refractivity contribution is 0.156. The Kier molecular flexibility index (Phi) is 3.96. The van der Waals surface area contributed by atoms with Gasteiger partial charge >= 0.3 is 0 Å². The number of aromatic nitrogens is 1. The molecule has 0 spiro atoms. The first kappa shape index (κ1) is 13.7. The predicted molar refractivity (Wildman–Crippen MR) is 64.5 cm³/mol. The maximum absolute atomic E-state index is 13.0. The zero-order chi connectivity index (χ0) is 13.9. The van der Waals surface area contributed by atoms with Crippen LogP contribution in [0, 0.1) is 5.82 Å². The van der Waals surface area contributed by atoms with Crippen molar-refractivity contribution in [2.45, 2.75) is 17.3 Å². The molecule has 2 aromatic rings. The standard InChI is InChI=1S/C12H12FNO4S/c1-17-7-11-6-10(14-18-11)8-19(15,16)12-4-2-3-9(13)5-12/h2-6H,7-8H2,1H3. The van der Waals surface area contributed by atoms with Crippen molar-refractivity contribution in [3.63, 3.8) is 0 Å². The summed E-state index contributed by atoms with van der Waals surface area (Å²) < 4.78 is 46.8. The summed E-state index contributed by atoms with van der Waals surface area (Å²) in [4.78, 5) is -0.0798. The third kappa shape index (κ3) is 3.39. The summed E-state index contributed by atoms with van der Waals surface area (Å²) >= 11 is 0. The fourth-order valence-electron chi connectivity index (χ4n) is 1.57. The van der Waals surface area contributed by atoms with Gasteiger partial charge in [-0.2, -0.15) is 0 Å². The third-order valence-electron chi connectivity index (χ3n) is 2.39. The van der Waals surface area contributed by atoms with Gasteiger partial charge in [0.2, 0.25) is 0 Å². The highest BCUT2D eigenvalue weighted by Crippen LogP contribution is 2.17. The molecular weight excluding hydrogens is 273 g/mol. The molecule has 2 rings (SSSR count). The first-order chi connectivity index (χ1) is 9.01. The lowest BCUT2D eigenvalue weighted by Gasteiger charge is -2.01. The highest BCUT2D eigenvalue weighted by atomic mass is 32.2. The maximum atomic E-state index is 13.0. The van der Waals surface area contributed by atoms with Gasteiger partial charge in [-0.15, -0.1) is 0 Å². The van der Waals surface area contributed by atoms with Gasteiger partial charge in [0.25, 0.3) is 0 Å². The molecule has 0 bridgehead atoms. The minimum absolute atomic E-state index is 0.0798. The van der Waals surface area contributed by atoms with E-state index >= 15 is 0 Å². The van der Waals surface area contributed by atoms with E-state index in [-0.39, 0.29) is 22.9 Å². The lowest BCUT2D eigenvalue weighted by atomic mass is 10.3. The van der Waals surface area contributed by atoms with Gasteiger partial charge in [0.05, 0.1) is 10.6 Å². The Morgan fingerprint density at radius 1 is 1.37 bits per heavy atom. The molecule has 102 valence electrons. The zero-order valence-corrected chi connectivity index (χ0v) is 11.0. The molecule has 0 saturated carbocycles. The van der Waals surface area contributed by atoms with Crippen molar-refractivity contribution >= 4 is 9.84 Å². The molecular formula is C12H12FNO4S. The average Bonchev–Trinajstić information content (AvgIpc) is 2.76. The number of halogens is 1. The van der Waals surface area contributed by atoms with Crippen LogP contribution in [0.25, 0.3) is 0 Å². The Morgan fingerprint density at radius 3 is 2.84 bits per heavy atom. The molecule has 1 aromatic carbocycles. The normalized spacial score (nSPS) is 11.7. The summed E-state index contributed by atoms with van der Waals surface area (Å²) in [6.45, 7) is 0.215. The van der Waals surface area contributed by atoms with Crippen molar-refractivity contribution in [2.24, 2.45) is 0 Å². The van der Waals surface area contributed by atoms with Gasteiger partial charge < -0.3 is 9.26 Å². The molecule has 0 saturated heterocycles. The third-order valence-corrected chi connectivity index (χ3v) is 4.04. The number of nitrogens with zero attached hydrogens (tertiary/aromatic N) is 1. The molecule has 0 unspecified atom stereocenters. The molecule has 1 aromatic heterocycles. The summed E-state index contributed by atoms with van der Waals surface area (Å²) in [7, 11) is -2.15. The maximum Gasteiger partial charge on any atom is 0.184 e. The molecule has 0 N–H and O–H groups in total. The van der Waals surface area contributed by atoms with E-state index in [1.807, 2.05) is 0 Å². The average molecular weight is 285 g/mol. The van der Waals surface area contributed by atoms with Crippen LogP contribution in [0.1, 0.15) is 11.5 Å². The molecule has 0 aliphatic heterocycles. The van der Waals surface area contributed by atoms with Gasteiger partial charge in [0.1, 0.15) is 18.2 Å². The number of ether oxygens (including phenoxy) is 1. The minimum Gasteiger partial charge on any atom is -0.377 e. The number of hydrogen-bond acceptors (Lipinski definition) is 5. The van der Waals surface area contributed by atoms with Gasteiger partial charge in [-0.05, 0) is 18.2 Å². The van der Waals surface area contributed by atoms with E-state index in [2.05, 4.69) is 5.16 Å². The van der Waals surface area contributed by atoms with Crippen molar-refractivity contribution in [3.8, 4) is 0 Å². The van der Waals surface area contributed by atoms with Crippen molar-refractivity contribution in [2.75, 3.05) is 7.11 Å². The van der Waals surface area contributed by atoms with Crippen LogP contribution in [0.15, 0.2) is 39.8 Å². The molecule has 0 amide bonds. The summed E-state index contributed by atoms with van der Waals surface area (Å²) in [5, 5.41) is 3.64. The smallest absolute Gasteiger partial charge is 0.184 e. The van der Waals surface area contributed by atoms with Crippen LogP contribution in [0.5, 0.6) is 0 Å². The molecule has 1 heterocycles. The fraction of sp³-hybridized carbons (Fsp3) is 0.250. The first-order valence-corrected chi connectivity index (χ1v) is 7.08. The summed E-state index contributed by atoms with van der Waals surface area (Å²) in [6.07, 6.45) is 0.